The van der Waals surface area contributed by atoms with Crippen LogP contribution >= 0.6 is 0 Å². The standard InChI is InChI=1S/C32H34N2O.H2/c33-26-10-6-24(17-26)31(35)21-7-11-27-28(18-32(14-15-32)29(27)12-8-21)30-13-9-25(19-34-30)23-3-1-2-22(16-23)20-4-5-20;/h1-3,8-9,11-13,16,19-20,24,26,28H,4-7,10,14-15,17-18,33H2;1H/t24?,26-,28?;/m1./s1. The largest absolute Gasteiger partial charge is 0.328 e. The molecule has 0 saturated heterocycles. The minimum atomic E-state index is 0. The van der Waals surface area contributed by atoms with Crippen molar-refractivity contribution < 1.29 is 6.22 Å². The highest BCUT2D eigenvalue weighted by molar-refractivity contribution is 5.98. The molecule has 4 saturated carbocycles. The lowest BCUT2D eigenvalue weighted by Gasteiger charge is -2.14. The SMILES string of the molecule is N[C@@H]1CCC(C(=O)C2=CC=C3C(=CC2)C(c2ccc(-c4cccc(C5CC5)c4)cn2)CC32CC2)C1.[HH]. The number of nitrogens with zero attached hydrogens (tertiary/aromatic N) is 1. The number of benzene rings is 1. The Morgan fingerprint density at radius 1 is 1.03 bits per heavy atom. The number of nitrogens with two attached hydrogens (primary N) is 1. The fourth-order valence-corrected chi connectivity index (χ4v) is 6.86. The van der Waals surface area contributed by atoms with Gasteiger partial charge in [-0.1, -0.05) is 48.6 Å². The van der Waals surface area contributed by atoms with Crippen molar-refractivity contribution in [1.29, 1.82) is 0 Å². The van der Waals surface area contributed by atoms with Crippen LogP contribution in [0.25, 0.3) is 11.1 Å². The van der Waals surface area contributed by atoms with Crippen LogP contribution in [0.15, 0.2) is 77.5 Å². The number of rotatable bonds is 5. The number of allylic oxidation sites excluding steroid dienone is 6. The zero-order valence-corrected chi connectivity index (χ0v) is 20.4. The van der Waals surface area contributed by atoms with Crippen LogP contribution in [0.3, 0.4) is 0 Å². The molecule has 35 heavy (non-hydrogen) atoms. The minimum Gasteiger partial charge on any atom is -0.328 e. The molecule has 1 spiro atoms. The van der Waals surface area contributed by atoms with E-state index in [2.05, 4.69) is 60.8 Å². The Morgan fingerprint density at radius 3 is 2.63 bits per heavy atom. The van der Waals surface area contributed by atoms with E-state index in [1.807, 2.05) is 0 Å². The number of aromatic nitrogens is 1. The molecule has 2 N–H and O–H groups in total. The van der Waals surface area contributed by atoms with E-state index in [1.165, 1.54) is 59.2 Å². The van der Waals surface area contributed by atoms with Gasteiger partial charge in [-0.05, 0) is 103 Å². The summed E-state index contributed by atoms with van der Waals surface area (Å²) in [4.78, 5) is 18.2. The maximum absolute atomic E-state index is 13.2. The summed E-state index contributed by atoms with van der Waals surface area (Å²) in [6.07, 6.45) is 18.7. The molecule has 5 aliphatic carbocycles. The lowest BCUT2D eigenvalue weighted by Crippen LogP contribution is -2.19. The van der Waals surface area contributed by atoms with Crippen molar-refractivity contribution in [1.82, 2.24) is 4.98 Å². The molecule has 3 atom stereocenters. The lowest BCUT2D eigenvalue weighted by molar-refractivity contribution is -0.119. The van der Waals surface area contributed by atoms with E-state index in [9.17, 15) is 4.79 Å². The molecule has 180 valence electrons. The molecule has 2 aromatic rings. The van der Waals surface area contributed by atoms with Crippen LogP contribution < -0.4 is 5.73 Å². The first-order valence-corrected chi connectivity index (χ1v) is 13.6. The Bertz CT molecular complexity index is 1280. The number of pyridine rings is 1. The van der Waals surface area contributed by atoms with Crippen LogP contribution in [0.1, 0.15) is 82.3 Å². The van der Waals surface area contributed by atoms with E-state index in [0.29, 0.717) is 17.1 Å². The average molecular weight is 465 g/mol. The molecular weight excluding hydrogens is 428 g/mol. The molecule has 1 aromatic heterocycles. The number of hydrogen-bond donors (Lipinski definition) is 1. The van der Waals surface area contributed by atoms with Crippen molar-refractivity contribution in [2.24, 2.45) is 17.1 Å². The normalized spacial score (nSPS) is 28.7. The topological polar surface area (TPSA) is 56.0 Å². The first-order chi connectivity index (χ1) is 17.1. The van der Waals surface area contributed by atoms with Gasteiger partial charge >= 0.3 is 0 Å². The summed E-state index contributed by atoms with van der Waals surface area (Å²) in [7, 11) is 0. The van der Waals surface area contributed by atoms with Crippen molar-refractivity contribution in [3.8, 4) is 11.1 Å². The van der Waals surface area contributed by atoms with Crippen molar-refractivity contribution >= 4 is 5.78 Å². The molecule has 1 aromatic carbocycles. The van der Waals surface area contributed by atoms with Crippen molar-refractivity contribution in [2.75, 3.05) is 0 Å². The van der Waals surface area contributed by atoms with Gasteiger partial charge in [0.15, 0.2) is 5.78 Å². The maximum Gasteiger partial charge on any atom is 0.162 e. The van der Waals surface area contributed by atoms with Gasteiger partial charge in [0.25, 0.3) is 0 Å². The van der Waals surface area contributed by atoms with Gasteiger partial charge in [0, 0.05) is 36.8 Å². The molecule has 1 heterocycles. The van der Waals surface area contributed by atoms with Crippen LogP contribution in [0.4, 0.5) is 0 Å². The summed E-state index contributed by atoms with van der Waals surface area (Å²) in [5, 5.41) is 0. The first-order valence-electron chi connectivity index (χ1n) is 13.6. The number of Topliss-reactive ketones (excluding diaryl/α,β-unsaturated/α-hetero) is 1. The van der Waals surface area contributed by atoms with Gasteiger partial charge in [-0.25, -0.2) is 0 Å². The van der Waals surface area contributed by atoms with Crippen LogP contribution in [0, 0.1) is 11.3 Å². The first kappa shape index (κ1) is 21.5. The summed E-state index contributed by atoms with van der Waals surface area (Å²) in [6.45, 7) is 0. The Balaban J connectivity index is 0.00000240. The Labute approximate surface area is 209 Å². The van der Waals surface area contributed by atoms with Gasteiger partial charge < -0.3 is 5.73 Å². The lowest BCUT2D eigenvalue weighted by atomic mass is 9.92. The fourth-order valence-electron chi connectivity index (χ4n) is 6.86. The molecule has 0 bridgehead atoms. The number of ketones is 1. The van der Waals surface area contributed by atoms with Gasteiger partial charge in [-0.3, -0.25) is 9.78 Å². The smallest absolute Gasteiger partial charge is 0.162 e. The third-order valence-corrected chi connectivity index (χ3v) is 9.27. The quantitative estimate of drug-likeness (QED) is 0.517. The Kier molecular flexibility index (Phi) is 4.99. The van der Waals surface area contributed by atoms with Crippen molar-refractivity contribution in [2.45, 2.75) is 75.7 Å². The number of fused-ring (bicyclic) bond motifs is 2. The predicted molar refractivity (Wildman–Crippen MR) is 142 cm³/mol. The maximum atomic E-state index is 13.2. The summed E-state index contributed by atoms with van der Waals surface area (Å²) < 4.78 is 0. The third-order valence-electron chi connectivity index (χ3n) is 9.27. The molecule has 3 heteroatoms. The molecule has 4 fully saturated rings. The van der Waals surface area contributed by atoms with E-state index >= 15 is 0 Å². The fraction of sp³-hybridized carbons (Fsp3) is 0.438. The highest BCUT2D eigenvalue weighted by Gasteiger charge is 2.54. The van der Waals surface area contributed by atoms with Gasteiger partial charge in [-0.15, -0.1) is 0 Å². The van der Waals surface area contributed by atoms with Crippen LogP contribution in [0.5, 0.6) is 0 Å². The zero-order valence-electron chi connectivity index (χ0n) is 20.4. The molecule has 0 amide bonds. The zero-order chi connectivity index (χ0) is 23.6. The second-order valence-corrected chi connectivity index (χ2v) is 11.7. The molecule has 0 aliphatic heterocycles. The van der Waals surface area contributed by atoms with Crippen LogP contribution in [-0.4, -0.2) is 16.8 Å². The molecule has 7 rings (SSSR count). The summed E-state index contributed by atoms with van der Waals surface area (Å²) in [6, 6.07) is 13.7. The van der Waals surface area contributed by atoms with E-state index < -0.39 is 0 Å². The second-order valence-electron chi connectivity index (χ2n) is 11.7. The second kappa shape index (κ2) is 8.13. The third kappa shape index (κ3) is 3.85. The van der Waals surface area contributed by atoms with Crippen LogP contribution in [0.2, 0.25) is 0 Å². The number of hydrogen-bond acceptors (Lipinski definition) is 3. The van der Waals surface area contributed by atoms with E-state index in [-0.39, 0.29) is 13.4 Å². The highest BCUT2D eigenvalue weighted by Crippen LogP contribution is 2.67. The predicted octanol–water partition coefficient (Wildman–Crippen LogP) is 7.02. The molecule has 3 nitrogen and oxygen atoms in total. The number of carbonyl (C=O) groups is 1. The van der Waals surface area contributed by atoms with E-state index in [4.69, 9.17) is 10.7 Å². The Hall–Kier alpha value is -2.78. The molecule has 2 unspecified atom stereocenters. The Morgan fingerprint density at radius 2 is 1.91 bits per heavy atom. The molecule has 0 radical (unpaired) electrons. The van der Waals surface area contributed by atoms with Gasteiger partial charge in [0.2, 0.25) is 0 Å². The van der Waals surface area contributed by atoms with Gasteiger partial charge in [-0.2, -0.15) is 0 Å². The summed E-state index contributed by atoms with van der Waals surface area (Å²) in [5.74, 6) is 1.53. The van der Waals surface area contributed by atoms with Gasteiger partial charge in [0.1, 0.15) is 0 Å². The van der Waals surface area contributed by atoms with E-state index in [0.717, 1.165) is 43.6 Å². The molecular formula is C32H36N2O. The minimum absolute atomic E-state index is 0. The van der Waals surface area contributed by atoms with Crippen molar-refractivity contribution in [3.63, 3.8) is 0 Å². The summed E-state index contributed by atoms with van der Waals surface area (Å²) >= 11 is 0. The average Bonchev–Trinajstić information content (AvgIpc) is 3.80. The number of carbonyl (C=O) groups excluding carboxylic acids is 1. The van der Waals surface area contributed by atoms with E-state index in [1.54, 1.807) is 0 Å². The summed E-state index contributed by atoms with van der Waals surface area (Å²) in [5.41, 5.74) is 15.4. The monoisotopic (exact) mass is 464 g/mol. The van der Waals surface area contributed by atoms with Crippen LogP contribution in [-0.2, 0) is 4.79 Å². The van der Waals surface area contributed by atoms with Gasteiger partial charge in [0.05, 0.1) is 0 Å². The highest BCUT2D eigenvalue weighted by atomic mass is 16.1. The van der Waals surface area contributed by atoms with Crippen molar-refractivity contribution in [3.05, 3.63) is 88.8 Å². The molecule has 5 aliphatic rings.